The van der Waals surface area contributed by atoms with Gasteiger partial charge in [-0.05, 0) is 37.0 Å². The molecule has 1 unspecified atom stereocenters. The number of likely N-dealkylation sites (tertiary alicyclic amines) is 1. The van der Waals surface area contributed by atoms with Crippen LogP contribution in [0.3, 0.4) is 0 Å². The van der Waals surface area contributed by atoms with Crippen molar-refractivity contribution in [3.05, 3.63) is 29.3 Å². The van der Waals surface area contributed by atoms with Gasteiger partial charge >= 0.3 is 0 Å². The first-order valence-electron chi connectivity index (χ1n) is 8.15. The number of carbonyl (C=O) groups is 1. The minimum atomic E-state index is -0.825. The molecule has 1 fully saturated rings. The number of benzene rings is 1. The number of hydrogen-bond donors (Lipinski definition) is 1. The first kappa shape index (κ1) is 14.5. The molecule has 23 heavy (non-hydrogen) atoms. The number of amidine groups is 1. The molecule has 0 aliphatic carbocycles. The van der Waals surface area contributed by atoms with E-state index in [1.807, 2.05) is 0 Å². The average molecular weight is 314 g/mol. The lowest BCUT2D eigenvalue weighted by molar-refractivity contribution is -0.220. The van der Waals surface area contributed by atoms with Crippen LogP contribution in [0.15, 0.2) is 23.2 Å². The molecule has 0 saturated carbocycles. The second-order valence-electron chi connectivity index (χ2n) is 6.58. The van der Waals surface area contributed by atoms with E-state index in [-0.39, 0.29) is 11.9 Å². The van der Waals surface area contributed by atoms with E-state index in [0.29, 0.717) is 12.8 Å². The summed E-state index contributed by atoms with van der Waals surface area (Å²) in [5.41, 5.74) is 1.68. The van der Waals surface area contributed by atoms with E-state index in [9.17, 15) is 9.90 Å². The van der Waals surface area contributed by atoms with Gasteiger partial charge in [0.1, 0.15) is 11.3 Å². The molecule has 1 aromatic carbocycles. The maximum absolute atomic E-state index is 12.0. The van der Waals surface area contributed by atoms with E-state index in [0.717, 1.165) is 31.9 Å². The van der Waals surface area contributed by atoms with Crippen LogP contribution in [-0.2, 0) is 11.2 Å². The summed E-state index contributed by atoms with van der Waals surface area (Å²) in [6.45, 7) is 4.45. The average Bonchev–Trinajstić information content (AvgIpc) is 3.11. The number of aliphatic imine (C=N–C) groups is 1. The Morgan fingerprint density at radius 3 is 2.87 bits per heavy atom. The normalized spacial score (nSPS) is 24.0. The SMILES string of the molecule is CC(c1ccc2c(c1)OCC2)N1CCC2(CC1)N=C([O-])NC2=O. The fraction of sp³-hybridized carbons (Fsp3) is 0.529. The smallest absolute Gasteiger partial charge is 0.252 e. The zero-order chi connectivity index (χ0) is 16.0. The van der Waals surface area contributed by atoms with E-state index in [1.54, 1.807) is 0 Å². The Morgan fingerprint density at radius 1 is 1.39 bits per heavy atom. The van der Waals surface area contributed by atoms with Crippen molar-refractivity contribution in [3.63, 3.8) is 0 Å². The van der Waals surface area contributed by atoms with Crippen LogP contribution >= 0.6 is 0 Å². The highest BCUT2D eigenvalue weighted by molar-refractivity contribution is 6.03. The molecular formula is C17H20N3O3-. The molecule has 0 bridgehead atoms. The molecule has 1 saturated heterocycles. The summed E-state index contributed by atoms with van der Waals surface area (Å²) in [6.07, 6.45) is 2.17. The molecule has 6 nitrogen and oxygen atoms in total. The van der Waals surface area contributed by atoms with Crippen molar-refractivity contribution in [2.45, 2.75) is 37.8 Å². The predicted octanol–water partition coefficient (Wildman–Crippen LogP) is 0.363. The minimum Gasteiger partial charge on any atom is -0.846 e. The van der Waals surface area contributed by atoms with Crippen LogP contribution in [-0.4, -0.2) is 42.1 Å². The molecule has 0 aromatic heterocycles. The lowest BCUT2D eigenvalue weighted by Gasteiger charge is -2.39. The van der Waals surface area contributed by atoms with Crippen molar-refractivity contribution in [2.75, 3.05) is 19.7 Å². The zero-order valence-corrected chi connectivity index (χ0v) is 13.2. The Morgan fingerprint density at radius 2 is 2.17 bits per heavy atom. The minimum absolute atomic E-state index is 0.235. The summed E-state index contributed by atoms with van der Waals surface area (Å²) in [7, 11) is 0. The number of piperidine rings is 1. The first-order valence-corrected chi connectivity index (χ1v) is 8.15. The van der Waals surface area contributed by atoms with Gasteiger partial charge in [0.2, 0.25) is 0 Å². The molecule has 3 aliphatic heterocycles. The summed E-state index contributed by atoms with van der Waals surface area (Å²) in [4.78, 5) is 18.3. The summed E-state index contributed by atoms with van der Waals surface area (Å²) in [5, 5.41) is 13.6. The van der Waals surface area contributed by atoms with Gasteiger partial charge in [0.15, 0.2) is 0 Å². The molecule has 1 amide bonds. The van der Waals surface area contributed by atoms with Gasteiger partial charge in [-0.1, -0.05) is 12.1 Å². The predicted molar refractivity (Wildman–Crippen MR) is 83.2 cm³/mol. The number of nitrogens with one attached hydrogen (secondary N) is 1. The van der Waals surface area contributed by atoms with Crippen LogP contribution in [0, 0.1) is 0 Å². The lowest BCUT2D eigenvalue weighted by atomic mass is 9.87. The Hall–Kier alpha value is -2.08. The van der Waals surface area contributed by atoms with Crippen LogP contribution in [0.4, 0.5) is 0 Å². The van der Waals surface area contributed by atoms with Crippen molar-refractivity contribution >= 4 is 11.9 Å². The van der Waals surface area contributed by atoms with Crippen molar-refractivity contribution in [3.8, 4) is 5.75 Å². The van der Waals surface area contributed by atoms with Crippen molar-refractivity contribution < 1.29 is 14.6 Å². The Bertz CT molecular complexity index is 678. The van der Waals surface area contributed by atoms with Gasteiger partial charge in [0, 0.05) is 25.6 Å². The number of ether oxygens (including phenoxy) is 1. The topological polar surface area (TPSA) is 77.0 Å². The van der Waals surface area contributed by atoms with Gasteiger partial charge in [0.05, 0.1) is 12.6 Å². The molecule has 122 valence electrons. The summed E-state index contributed by atoms with van der Waals surface area (Å²) >= 11 is 0. The van der Waals surface area contributed by atoms with Gasteiger partial charge in [-0.25, -0.2) is 0 Å². The maximum Gasteiger partial charge on any atom is 0.252 e. The number of hydrogen-bond acceptors (Lipinski definition) is 5. The summed E-state index contributed by atoms with van der Waals surface area (Å²) in [5.74, 6) is 0.763. The van der Waals surface area contributed by atoms with Gasteiger partial charge in [-0.3, -0.25) is 14.7 Å². The molecule has 1 aromatic rings. The monoisotopic (exact) mass is 314 g/mol. The third-order valence-corrected chi connectivity index (χ3v) is 5.33. The number of amides is 1. The number of fused-ring (bicyclic) bond motifs is 1. The van der Waals surface area contributed by atoms with Gasteiger partial charge in [-0.2, -0.15) is 0 Å². The first-order chi connectivity index (χ1) is 11.1. The fourth-order valence-corrected chi connectivity index (χ4v) is 3.76. The Labute approximate surface area is 135 Å². The van der Waals surface area contributed by atoms with Crippen LogP contribution < -0.4 is 15.2 Å². The molecule has 3 aliphatic rings. The van der Waals surface area contributed by atoms with Crippen molar-refractivity contribution in [2.24, 2.45) is 4.99 Å². The van der Waals surface area contributed by atoms with E-state index >= 15 is 0 Å². The molecule has 6 heteroatoms. The maximum atomic E-state index is 12.0. The third kappa shape index (κ3) is 2.37. The molecule has 1 N–H and O–H groups in total. The van der Waals surface area contributed by atoms with Crippen LogP contribution in [0.5, 0.6) is 5.75 Å². The molecule has 1 spiro atoms. The van der Waals surface area contributed by atoms with E-state index in [4.69, 9.17) is 4.74 Å². The zero-order valence-electron chi connectivity index (χ0n) is 13.2. The van der Waals surface area contributed by atoms with Crippen LogP contribution in [0.1, 0.15) is 36.9 Å². The molecule has 0 radical (unpaired) electrons. The van der Waals surface area contributed by atoms with Crippen molar-refractivity contribution in [1.82, 2.24) is 10.2 Å². The Balaban J connectivity index is 1.47. The quantitative estimate of drug-likeness (QED) is 0.855. The van der Waals surface area contributed by atoms with Crippen LogP contribution in [0.25, 0.3) is 0 Å². The third-order valence-electron chi connectivity index (χ3n) is 5.33. The highest BCUT2D eigenvalue weighted by atomic mass is 16.5. The second kappa shape index (κ2) is 5.23. The fourth-order valence-electron chi connectivity index (χ4n) is 3.76. The van der Waals surface area contributed by atoms with Crippen LogP contribution in [0.2, 0.25) is 0 Å². The Kier molecular flexibility index (Phi) is 3.30. The van der Waals surface area contributed by atoms with E-state index in [1.165, 1.54) is 11.1 Å². The van der Waals surface area contributed by atoms with Gasteiger partial charge < -0.3 is 15.2 Å². The highest BCUT2D eigenvalue weighted by Crippen LogP contribution is 2.35. The molecule has 4 rings (SSSR count). The van der Waals surface area contributed by atoms with E-state index in [2.05, 4.69) is 40.3 Å². The molecular weight excluding hydrogens is 294 g/mol. The second-order valence-corrected chi connectivity index (χ2v) is 6.58. The van der Waals surface area contributed by atoms with Gasteiger partial charge in [-0.15, -0.1) is 0 Å². The molecule has 3 heterocycles. The van der Waals surface area contributed by atoms with Gasteiger partial charge in [0.25, 0.3) is 5.91 Å². The summed E-state index contributed by atoms with van der Waals surface area (Å²) < 4.78 is 5.65. The number of rotatable bonds is 2. The lowest BCUT2D eigenvalue weighted by Crippen LogP contribution is -2.49. The molecule has 1 atom stereocenters. The standard InChI is InChI=1S/C17H21N3O3/c1-11(13-3-2-12-4-9-23-14(12)10-13)20-7-5-17(6-8-20)15(21)18-16(22)19-17/h2-3,10-11H,4-9H2,1H3,(H2,18,19,21,22)/p-1. The number of nitrogens with zero attached hydrogens (tertiary/aromatic N) is 2. The largest absolute Gasteiger partial charge is 0.846 e. The number of carbonyl (C=O) groups excluding carboxylic acids is 1. The van der Waals surface area contributed by atoms with E-state index < -0.39 is 11.6 Å². The summed E-state index contributed by atoms with van der Waals surface area (Å²) in [6, 6.07) is 6.21. The highest BCUT2D eigenvalue weighted by Gasteiger charge is 2.44. The van der Waals surface area contributed by atoms with Crippen molar-refractivity contribution in [1.29, 1.82) is 0 Å².